The standard InChI is InChI=1S/C42H26N6O/c1-2-12-29(13-3-1)47-36-19-6-4-14-30(36)32-16-8-17-33(40(32)47)42-46-45-41(49-42)27-22-23-38-34(25-27)31-15-5-7-20-37(31)48(38)39-21-9-18-35(44-39)28-11-10-24-43-26-28/h1-26H. The first-order valence-corrected chi connectivity index (χ1v) is 16.1. The third-order valence-corrected chi connectivity index (χ3v) is 9.20. The molecule has 0 spiro atoms. The summed E-state index contributed by atoms with van der Waals surface area (Å²) in [5, 5.41) is 13.7. The Morgan fingerprint density at radius 1 is 0.490 bits per heavy atom. The lowest BCUT2D eigenvalue weighted by Crippen LogP contribution is -1.98. The molecule has 0 aliphatic carbocycles. The predicted molar refractivity (Wildman–Crippen MR) is 195 cm³/mol. The van der Waals surface area contributed by atoms with Gasteiger partial charge in [-0.25, -0.2) is 4.98 Å². The van der Waals surface area contributed by atoms with Crippen LogP contribution in [0.3, 0.4) is 0 Å². The minimum atomic E-state index is 0.463. The molecule has 0 radical (unpaired) electrons. The van der Waals surface area contributed by atoms with Crippen molar-refractivity contribution in [1.82, 2.24) is 29.3 Å². The van der Waals surface area contributed by atoms with Gasteiger partial charge in [0.2, 0.25) is 11.8 Å². The Labute approximate surface area is 280 Å². The molecule has 0 atom stereocenters. The average molecular weight is 631 g/mol. The van der Waals surface area contributed by atoms with Crippen molar-refractivity contribution in [1.29, 1.82) is 0 Å². The van der Waals surface area contributed by atoms with E-state index in [1.165, 1.54) is 5.39 Å². The molecular formula is C42H26N6O. The van der Waals surface area contributed by atoms with Gasteiger partial charge >= 0.3 is 0 Å². The lowest BCUT2D eigenvalue weighted by atomic mass is 10.1. The molecule has 0 aliphatic heterocycles. The molecule has 10 aromatic rings. The van der Waals surface area contributed by atoms with E-state index < -0.39 is 0 Å². The van der Waals surface area contributed by atoms with Gasteiger partial charge < -0.3 is 8.98 Å². The highest BCUT2D eigenvalue weighted by Gasteiger charge is 2.21. The van der Waals surface area contributed by atoms with Crippen molar-refractivity contribution >= 4 is 43.6 Å². The maximum atomic E-state index is 6.51. The average Bonchev–Trinajstić information content (AvgIpc) is 3.89. The summed E-state index contributed by atoms with van der Waals surface area (Å²) in [6, 6.07) is 49.9. The van der Waals surface area contributed by atoms with Crippen molar-refractivity contribution in [2.45, 2.75) is 0 Å². The number of benzene rings is 5. The van der Waals surface area contributed by atoms with Gasteiger partial charge in [-0.3, -0.25) is 9.55 Å². The van der Waals surface area contributed by atoms with Crippen LogP contribution in [0, 0.1) is 0 Å². The number of hydrogen-bond acceptors (Lipinski definition) is 5. The zero-order valence-corrected chi connectivity index (χ0v) is 26.1. The van der Waals surface area contributed by atoms with Gasteiger partial charge in [0.1, 0.15) is 5.82 Å². The van der Waals surface area contributed by atoms with Gasteiger partial charge in [-0.15, -0.1) is 10.2 Å². The summed E-state index contributed by atoms with van der Waals surface area (Å²) in [5.74, 6) is 1.77. The third-order valence-electron chi connectivity index (χ3n) is 9.20. The molecule has 0 saturated carbocycles. The van der Waals surface area contributed by atoms with Crippen LogP contribution in [0.2, 0.25) is 0 Å². The highest BCUT2D eigenvalue weighted by atomic mass is 16.4. The second-order valence-corrected chi connectivity index (χ2v) is 12.0. The van der Waals surface area contributed by atoms with Gasteiger partial charge in [0, 0.05) is 50.8 Å². The summed E-state index contributed by atoms with van der Waals surface area (Å²) in [6.07, 6.45) is 3.61. The quantitative estimate of drug-likeness (QED) is 0.189. The van der Waals surface area contributed by atoms with E-state index in [9.17, 15) is 0 Å². The van der Waals surface area contributed by atoms with E-state index in [0.29, 0.717) is 11.8 Å². The van der Waals surface area contributed by atoms with Gasteiger partial charge in [-0.2, -0.15) is 0 Å². The van der Waals surface area contributed by atoms with Crippen molar-refractivity contribution in [2.24, 2.45) is 0 Å². The summed E-state index contributed by atoms with van der Waals surface area (Å²) in [4.78, 5) is 9.34. The van der Waals surface area contributed by atoms with Crippen LogP contribution in [0.1, 0.15) is 0 Å². The molecule has 0 amide bonds. The molecule has 0 unspecified atom stereocenters. The van der Waals surface area contributed by atoms with Gasteiger partial charge in [0.05, 0.1) is 33.3 Å². The number of hydrogen-bond donors (Lipinski definition) is 0. The number of nitrogens with zero attached hydrogens (tertiary/aromatic N) is 6. The number of pyridine rings is 2. The van der Waals surface area contributed by atoms with E-state index in [-0.39, 0.29) is 0 Å². The molecule has 0 saturated heterocycles. The predicted octanol–water partition coefficient (Wildman–Crippen LogP) is 10.1. The Balaban J connectivity index is 1.12. The molecule has 49 heavy (non-hydrogen) atoms. The Morgan fingerprint density at radius 3 is 2.04 bits per heavy atom. The highest BCUT2D eigenvalue weighted by Crippen LogP contribution is 2.39. The van der Waals surface area contributed by atoms with E-state index >= 15 is 0 Å². The van der Waals surface area contributed by atoms with Crippen LogP contribution in [-0.2, 0) is 0 Å². The van der Waals surface area contributed by atoms with Gasteiger partial charge in [-0.1, -0.05) is 72.8 Å². The van der Waals surface area contributed by atoms with Crippen LogP contribution in [0.4, 0.5) is 0 Å². The smallest absolute Gasteiger partial charge is 0.250 e. The summed E-state index contributed by atoms with van der Waals surface area (Å²) >= 11 is 0. The second kappa shape index (κ2) is 10.9. The molecule has 5 aromatic heterocycles. The first-order valence-electron chi connectivity index (χ1n) is 16.1. The van der Waals surface area contributed by atoms with E-state index in [4.69, 9.17) is 9.40 Å². The molecule has 0 fully saturated rings. The number of fused-ring (bicyclic) bond motifs is 6. The van der Waals surface area contributed by atoms with E-state index in [0.717, 1.165) is 72.1 Å². The summed E-state index contributed by atoms with van der Waals surface area (Å²) in [5.41, 5.74) is 8.91. The van der Waals surface area contributed by atoms with E-state index in [2.05, 4.69) is 127 Å². The van der Waals surface area contributed by atoms with E-state index in [1.54, 1.807) is 6.20 Å². The first kappa shape index (κ1) is 27.3. The van der Waals surface area contributed by atoms with Crippen LogP contribution < -0.4 is 0 Å². The third kappa shape index (κ3) is 4.29. The normalized spacial score (nSPS) is 11.7. The Hall–Kier alpha value is -6.86. The van der Waals surface area contributed by atoms with E-state index in [1.807, 2.05) is 48.7 Å². The lowest BCUT2D eigenvalue weighted by molar-refractivity contribution is 0.585. The van der Waals surface area contributed by atoms with Crippen LogP contribution in [0.15, 0.2) is 162 Å². The summed E-state index contributed by atoms with van der Waals surface area (Å²) < 4.78 is 11.0. The minimum Gasteiger partial charge on any atom is -0.416 e. The van der Waals surface area contributed by atoms with Crippen molar-refractivity contribution in [3.8, 4) is 45.7 Å². The highest BCUT2D eigenvalue weighted by molar-refractivity contribution is 6.13. The fraction of sp³-hybridized carbons (Fsp3) is 0. The zero-order chi connectivity index (χ0) is 32.3. The lowest BCUT2D eigenvalue weighted by Gasteiger charge is -2.09. The van der Waals surface area contributed by atoms with Crippen LogP contribution in [0.25, 0.3) is 89.3 Å². The molecule has 5 aromatic carbocycles. The second-order valence-electron chi connectivity index (χ2n) is 12.0. The largest absolute Gasteiger partial charge is 0.416 e. The van der Waals surface area contributed by atoms with Crippen molar-refractivity contribution < 1.29 is 4.42 Å². The van der Waals surface area contributed by atoms with Crippen LogP contribution in [-0.4, -0.2) is 29.3 Å². The maximum Gasteiger partial charge on any atom is 0.250 e. The fourth-order valence-corrected chi connectivity index (χ4v) is 7.06. The number of rotatable bonds is 5. The van der Waals surface area contributed by atoms with Crippen molar-refractivity contribution in [3.05, 3.63) is 158 Å². The van der Waals surface area contributed by atoms with Gasteiger partial charge in [-0.05, 0) is 72.8 Å². The maximum absolute atomic E-state index is 6.51. The molecule has 7 heteroatoms. The molecule has 0 bridgehead atoms. The minimum absolute atomic E-state index is 0.463. The number of para-hydroxylation sites is 4. The summed E-state index contributed by atoms with van der Waals surface area (Å²) in [6.45, 7) is 0. The molecule has 7 nitrogen and oxygen atoms in total. The molecule has 0 aliphatic rings. The topological polar surface area (TPSA) is 74.6 Å². The monoisotopic (exact) mass is 630 g/mol. The van der Waals surface area contributed by atoms with Crippen molar-refractivity contribution in [2.75, 3.05) is 0 Å². The Morgan fingerprint density at radius 2 is 1.20 bits per heavy atom. The Kier molecular flexibility index (Phi) is 6.04. The van der Waals surface area contributed by atoms with Crippen LogP contribution >= 0.6 is 0 Å². The Bertz CT molecular complexity index is 2830. The van der Waals surface area contributed by atoms with Crippen LogP contribution in [0.5, 0.6) is 0 Å². The zero-order valence-electron chi connectivity index (χ0n) is 26.1. The molecule has 10 rings (SSSR count). The fourth-order valence-electron chi connectivity index (χ4n) is 7.06. The van der Waals surface area contributed by atoms with Crippen molar-refractivity contribution in [3.63, 3.8) is 0 Å². The molecular weight excluding hydrogens is 605 g/mol. The molecule has 0 N–H and O–H groups in total. The van der Waals surface area contributed by atoms with Gasteiger partial charge in [0.25, 0.3) is 0 Å². The molecule has 5 heterocycles. The number of aromatic nitrogens is 6. The first-order chi connectivity index (χ1) is 24.3. The summed E-state index contributed by atoms with van der Waals surface area (Å²) in [7, 11) is 0. The van der Waals surface area contributed by atoms with Gasteiger partial charge in [0.15, 0.2) is 0 Å². The SMILES string of the molecule is c1ccc(-n2c3ccccc3c3cccc(-c4nnc(-c5ccc6c(c5)c5ccccc5n6-c5cccc(-c6cccnc6)n5)o4)c32)cc1. The molecule has 230 valence electrons.